The van der Waals surface area contributed by atoms with Crippen LogP contribution >= 0.6 is 23.4 Å². The lowest BCUT2D eigenvalue weighted by atomic mass is 10.1. The molecule has 1 atom stereocenters. The molecular formula is C25H26ClNO6S. The molecule has 1 aliphatic heterocycles. The van der Waals surface area contributed by atoms with Crippen molar-refractivity contribution in [1.29, 1.82) is 0 Å². The van der Waals surface area contributed by atoms with Gasteiger partial charge in [-0.3, -0.25) is 14.5 Å². The highest BCUT2D eigenvalue weighted by atomic mass is 35.5. The predicted molar refractivity (Wildman–Crippen MR) is 132 cm³/mol. The molecule has 1 aliphatic rings. The van der Waals surface area contributed by atoms with E-state index in [0.29, 0.717) is 35.3 Å². The molecule has 7 nitrogen and oxygen atoms in total. The second-order valence-electron chi connectivity index (χ2n) is 7.52. The van der Waals surface area contributed by atoms with Crippen molar-refractivity contribution in [3.63, 3.8) is 0 Å². The van der Waals surface area contributed by atoms with Crippen LogP contribution in [0.25, 0.3) is 6.08 Å². The molecule has 180 valence electrons. The van der Waals surface area contributed by atoms with Crippen LogP contribution in [-0.2, 0) is 20.9 Å². The number of esters is 1. The third-order valence-corrected chi connectivity index (χ3v) is 6.14. The van der Waals surface area contributed by atoms with Crippen molar-refractivity contribution in [2.24, 2.45) is 0 Å². The summed E-state index contributed by atoms with van der Waals surface area (Å²) in [6, 6.07) is 10.3. The summed E-state index contributed by atoms with van der Waals surface area (Å²) < 4.78 is 16.6. The fourth-order valence-corrected chi connectivity index (χ4v) is 4.43. The number of benzene rings is 2. The summed E-state index contributed by atoms with van der Waals surface area (Å²) in [5.41, 5.74) is 2.70. The maximum absolute atomic E-state index is 12.8. The first kappa shape index (κ1) is 25.6. The lowest BCUT2D eigenvalue weighted by Crippen LogP contribution is -2.42. The van der Waals surface area contributed by atoms with E-state index in [4.69, 9.17) is 25.8 Å². The SMILES string of the molecule is CCOC(=O)[C@@H](C)N1C(=O)S/C(=C/c2cc(Cl)c(OCc3ccc(C)cc3)c(OCC)c2)C1=O. The van der Waals surface area contributed by atoms with Crippen LogP contribution in [0.3, 0.4) is 0 Å². The van der Waals surface area contributed by atoms with Crippen LogP contribution in [0.5, 0.6) is 11.5 Å². The summed E-state index contributed by atoms with van der Waals surface area (Å²) in [5.74, 6) is -0.384. The van der Waals surface area contributed by atoms with E-state index in [9.17, 15) is 14.4 Å². The van der Waals surface area contributed by atoms with Crippen molar-refractivity contribution in [2.75, 3.05) is 13.2 Å². The van der Waals surface area contributed by atoms with E-state index in [2.05, 4.69) is 0 Å². The van der Waals surface area contributed by atoms with Crippen LogP contribution in [0.15, 0.2) is 41.3 Å². The predicted octanol–water partition coefficient (Wildman–Crippen LogP) is 5.61. The van der Waals surface area contributed by atoms with Crippen molar-refractivity contribution in [2.45, 2.75) is 40.3 Å². The first-order chi connectivity index (χ1) is 16.2. The highest BCUT2D eigenvalue weighted by Gasteiger charge is 2.41. The van der Waals surface area contributed by atoms with Gasteiger partial charge >= 0.3 is 5.97 Å². The Labute approximate surface area is 208 Å². The molecule has 34 heavy (non-hydrogen) atoms. The largest absolute Gasteiger partial charge is 0.490 e. The Kier molecular flexibility index (Phi) is 8.63. The molecule has 0 spiro atoms. The number of rotatable bonds is 9. The third-order valence-electron chi connectivity index (χ3n) is 4.97. The first-order valence-corrected chi connectivity index (χ1v) is 12.0. The minimum Gasteiger partial charge on any atom is -0.490 e. The lowest BCUT2D eigenvalue weighted by Gasteiger charge is -2.19. The van der Waals surface area contributed by atoms with E-state index >= 15 is 0 Å². The standard InChI is InChI=1S/C25H26ClNO6S/c1-5-31-20-12-18(11-19(26)22(20)33-14-17-9-7-15(3)8-10-17)13-21-23(28)27(25(30)34-21)16(4)24(29)32-6-2/h7-13,16H,5-6,14H2,1-4H3/b21-13+/t16-/m1/s1. The summed E-state index contributed by atoms with van der Waals surface area (Å²) in [5, 5.41) is -0.227. The van der Waals surface area contributed by atoms with E-state index in [1.165, 1.54) is 6.92 Å². The van der Waals surface area contributed by atoms with Gasteiger partial charge in [0.05, 0.1) is 23.1 Å². The van der Waals surface area contributed by atoms with E-state index in [-0.39, 0.29) is 11.5 Å². The quantitative estimate of drug-likeness (QED) is 0.324. The van der Waals surface area contributed by atoms with Gasteiger partial charge in [-0.05, 0) is 68.8 Å². The van der Waals surface area contributed by atoms with E-state index in [0.717, 1.165) is 27.8 Å². The van der Waals surface area contributed by atoms with E-state index in [1.54, 1.807) is 25.1 Å². The van der Waals surface area contributed by atoms with Crippen LogP contribution in [0.4, 0.5) is 4.79 Å². The summed E-state index contributed by atoms with van der Waals surface area (Å²) in [6.07, 6.45) is 1.54. The van der Waals surface area contributed by atoms with Gasteiger partial charge in [-0.1, -0.05) is 41.4 Å². The smallest absolute Gasteiger partial charge is 0.329 e. The monoisotopic (exact) mass is 503 g/mol. The molecule has 0 aromatic heterocycles. The molecule has 0 saturated carbocycles. The van der Waals surface area contributed by atoms with Gasteiger partial charge in [0, 0.05) is 0 Å². The Morgan fingerprint density at radius 2 is 1.82 bits per heavy atom. The van der Waals surface area contributed by atoms with Crippen LogP contribution in [0.1, 0.15) is 37.5 Å². The number of nitrogens with zero attached hydrogens (tertiary/aromatic N) is 1. The number of carbonyl (C=O) groups is 3. The van der Waals surface area contributed by atoms with Crippen LogP contribution < -0.4 is 9.47 Å². The first-order valence-electron chi connectivity index (χ1n) is 10.8. The molecule has 0 unspecified atom stereocenters. The van der Waals surface area contributed by atoms with Crippen LogP contribution in [0, 0.1) is 6.92 Å². The molecule has 2 amide bonds. The number of thioether (sulfide) groups is 1. The van der Waals surface area contributed by atoms with Gasteiger partial charge < -0.3 is 14.2 Å². The second-order valence-corrected chi connectivity index (χ2v) is 8.92. The highest BCUT2D eigenvalue weighted by molar-refractivity contribution is 8.18. The van der Waals surface area contributed by atoms with Crippen LogP contribution in [-0.4, -0.2) is 41.3 Å². The summed E-state index contributed by atoms with van der Waals surface area (Å²) in [4.78, 5) is 38.3. The molecule has 2 aromatic rings. The van der Waals surface area contributed by atoms with Gasteiger partial charge in [0.2, 0.25) is 0 Å². The topological polar surface area (TPSA) is 82.1 Å². The van der Waals surface area contributed by atoms with Gasteiger partial charge in [0.1, 0.15) is 12.6 Å². The molecule has 2 aromatic carbocycles. The van der Waals surface area contributed by atoms with Crippen molar-refractivity contribution in [3.8, 4) is 11.5 Å². The number of halogens is 1. The average Bonchev–Trinajstić information content (AvgIpc) is 3.07. The molecule has 0 bridgehead atoms. The summed E-state index contributed by atoms with van der Waals surface area (Å²) >= 11 is 7.26. The molecule has 1 heterocycles. The number of carbonyl (C=O) groups excluding carboxylic acids is 3. The van der Waals surface area contributed by atoms with Gasteiger partial charge in [-0.25, -0.2) is 4.79 Å². The molecule has 0 N–H and O–H groups in total. The Bertz CT molecular complexity index is 1120. The number of ether oxygens (including phenoxy) is 3. The van der Waals surface area contributed by atoms with Gasteiger partial charge in [-0.15, -0.1) is 0 Å². The number of hydrogen-bond acceptors (Lipinski definition) is 7. The second kappa shape index (κ2) is 11.4. The number of hydrogen-bond donors (Lipinski definition) is 0. The maximum atomic E-state index is 12.8. The maximum Gasteiger partial charge on any atom is 0.329 e. The van der Waals surface area contributed by atoms with Crippen LogP contribution in [0.2, 0.25) is 5.02 Å². The lowest BCUT2D eigenvalue weighted by molar-refractivity contribution is -0.150. The Morgan fingerprint density at radius 1 is 1.12 bits per heavy atom. The normalized spacial score (nSPS) is 15.6. The Morgan fingerprint density at radius 3 is 2.47 bits per heavy atom. The molecule has 1 fully saturated rings. The third kappa shape index (κ3) is 5.93. The zero-order valence-electron chi connectivity index (χ0n) is 19.4. The minimum atomic E-state index is -1.02. The fraction of sp³-hybridized carbons (Fsp3) is 0.320. The molecule has 9 heteroatoms. The molecule has 0 radical (unpaired) electrons. The number of aryl methyl sites for hydroxylation is 1. The van der Waals surface area contributed by atoms with E-state index < -0.39 is 23.2 Å². The van der Waals surface area contributed by atoms with Gasteiger partial charge in [0.15, 0.2) is 11.5 Å². The highest BCUT2D eigenvalue weighted by Crippen LogP contribution is 2.40. The van der Waals surface area contributed by atoms with Gasteiger partial charge in [-0.2, -0.15) is 0 Å². The number of amides is 2. The molecule has 1 saturated heterocycles. The fourth-order valence-electron chi connectivity index (χ4n) is 3.25. The molecule has 0 aliphatic carbocycles. The summed E-state index contributed by atoms with van der Waals surface area (Å²) in [6.45, 7) is 7.82. The van der Waals surface area contributed by atoms with E-state index in [1.807, 2.05) is 38.1 Å². The zero-order chi connectivity index (χ0) is 24.8. The molecule has 3 rings (SSSR count). The Balaban J connectivity index is 1.84. The zero-order valence-corrected chi connectivity index (χ0v) is 21.0. The summed E-state index contributed by atoms with van der Waals surface area (Å²) in [7, 11) is 0. The molecular weight excluding hydrogens is 478 g/mol. The van der Waals surface area contributed by atoms with Crippen molar-refractivity contribution < 1.29 is 28.6 Å². The Hall–Kier alpha value is -2.97. The van der Waals surface area contributed by atoms with Gasteiger partial charge in [0.25, 0.3) is 11.1 Å². The minimum absolute atomic E-state index is 0.159. The number of imide groups is 1. The van der Waals surface area contributed by atoms with Crippen molar-refractivity contribution >= 4 is 46.6 Å². The van der Waals surface area contributed by atoms with Crippen molar-refractivity contribution in [1.82, 2.24) is 4.90 Å². The van der Waals surface area contributed by atoms with Crippen molar-refractivity contribution in [3.05, 3.63) is 63.0 Å². The average molecular weight is 504 g/mol.